The van der Waals surface area contributed by atoms with Crippen molar-refractivity contribution >= 4 is 64.5 Å². The molecule has 2 fully saturated rings. The van der Waals surface area contributed by atoms with Crippen LogP contribution in [0.15, 0.2) is 12.7 Å². The van der Waals surface area contributed by atoms with Crippen LogP contribution in [-0.4, -0.2) is 69.4 Å². The minimum absolute atomic E-state index is 0.0248. The average Bonchev–Trinajstić information content (AvgIpc) is 3.39. The Bertz CT molecular complexity index is 1030. The van der Waals surface area contributed by atoms with E-state index in [0.29, 0.717) is 11.2 Å². The topological polar surface area (TPSA) is 118 Å². The number of nitrogen functional groups attached to an aromatic ring is 1. The van der Waals surface area contributed by atoms with Gasteiger partial charge in [0, 0.05) is 11.5 Å². The molecule has 4 heterocycles. The van der Waals surface area contributed by atoms with Crippen molar-refractivity contribution in [2.45, 2.75) is 63.4 Å². The molecule has 3 N–H and O–H groups in total. The largest absolute Gasteiger partial charge is 0.408 e. The number of aliphatic hydroxyl groups is 1. The number of ether oxygens (including phenoxy) is 1. The fraction of sp³-hybridized carbons (Fsp3) is 0.722. The summed E-state index contributed by atoms with van der Waals surface area (Å²) in [5.74, 6) is 2.29. The molecule has 0 aliphatic carbocycles. The quantitative estimate of drug-likeness (QED) is 0.416. The Balaban J connectivity index is 1.63. The molecule has 0 unspecified atom stereocenters. The molecule has 0 radical (unpaired) electrons. The Kier molecular flexibility index (Phi) is 7.06. The van der Waals surface area contributed by atoms with E-state index in [1.54, 1.807) is 33.7 Å². The Hall–Kier alpha value is -0.243. The first kappa shape index (κ1) is 24.9. The van der Waals surface area contributed by atoms with Crippen LogP contribution in [0, 0.1) is 0 Å². The van der Waals surface area contributed by atoms with Crippen LogP contribution >= 0.6 is 27.4 Å². The van der Waals surface area contributed by atoms with E-state index in [0.717, 1.165) is 11.5 Å². The summed E-state index contributed by atoms with van der Waals surface area (Å²) in [6, 6.07) is 0. The smallest absolute Gasteiger partial charge is 0.192 e. The molecule has 0 amide bonds. The fourth-order valence-electron chi connectivity index (χ4n) is 3.38. The Labute approximate surface area is 202 Å². The van der Waals surface area contributed by atoms with Crippen LogP contribution in [0.1, 0.15) is 27.0 Å². The summed E-state index contributed by atoms with van der Waals surface area (Å²) in [6.07, 6.45) is 0.247. The molecule has 0 saturated carbocycles. The van der Waals surface area contributed by atoms with Gasteiger partial charge in [-0.25, -0.2) is 15.0 Å². The van der Waals surface area contributed by atoms with E-state index in [-0.39, 0.29) is 17.5 Å². The van der Waals surface area contributed by atoms with Gasteiger partial charge in [-0.1, -0.05) is 43.5 Å². The van der Waals surface area contributed by atoms with Crippen LogP contribution in [0.2, 0.25) is 18.1 Å². The van der Waals surface area contributed by atoms with Gasteiger partial charge in [0.2, 0.25) is 0 Å². The van der Waals surface area contributed by atoms with Crippen LogP contribution < -0.4 is 5.73 Å². The molecule has 2 saturated heterocycles. The predicted molar refractivity (Wildman–Crippen MR) is 137 cm³/mol. The number of imidazole rings is 1. The molecule has 178 valence electrons. The standard InChI is InChI=1S/C18H30N5O4PS3Si/c1-18(2,3)32(4,5)27-14-11(8-25-28(29)30-6-7-31-28)26-17(13(14)24)23-10-22-12-15(19)20-9-21-16(12)23/h9-11,13-14,17,24H,6-8H2,1-5H3,(H2,19,20,21)/t11-,13-,14-,17-/m1/s1. The summed E-state index contributed by atoms with van der Waals surface area (Å²) >= 11 is 9.18. The molecule has 2 aromatic heterocycles. The van der Waals surface area contributed by atoms with Gasteiger partial charge in [0.15, 0.2) is 30.7 Å². The second-order valence-electron chi connectivity index (χ2n) is 9.39. The number of anilines is 1. The lowest BCUT2D eigenvalue weighted by Gasteiger charge is -2.40. The van der Waals surface area contributed by atoms with Gasteiger partial charge in [0.25, 0.3) is 0 Å². The normalized spacial score (nSPS) is 28.6. The van der Waals surface area contributed by atoms with E-state index >= 15 is 0 Å². The first-order valence-corrected chi connectivity index (χ1v) is 19.2. The van der Waals surface area contributed by atoms with Crippen molar-refractivity contribution in [2.24, 2.45) is 0 Å². The molecule has 0 aromatic carbocycles. The van der Waals surface area contributed by atoms with Gasteiger partial charge in [-0.3, -0.25) is 4.57 Å². The molecule has 2 aromatic rings. The lowest BCUT2D eigenvalue weighted by Crippen LogP contribution is -2.49. The highest BCUT2D eigenvalue weighted by molar-refractivity contribution is 9.00. The summed E-state index contributed by atoms with van der Waals surface area (Å²) in [6.45, 7) is 11.1. The molecule has 14 heteroatoms. The molecular weight excluding hydrogens is 505 g/mol. The molecule has 9 nitrogen and oxygen atoms in total. The van der Waals surface area contributed by atoms with Crippen LogP contribution in [0.25, 0.3) is 11.2 Å². The number of aromatic nitrogens is 4. The third-order valence-corrected chi connectivity index (χ3v) is 20.5. The third kappa shape index (κ3) is 4.78. The number of fused-ring (bicyclic) bond motifs is 1. The highest BCUT2D eigenvalue weighted by atomic mass is 33.2. The van der Waals surface area contributed by atoms with Crippen molar-refractivity contribution < 1.29 is 18.8 Å². The van der Waals surface area contributed by atoms with E-state index in [9.17, 15) is 5.11 Å². The number of nitrogens with zero attached hydrogens (tertiary/aromatic N) is 4. The minimum Gasteiger partial charge on any atom is -0.408 e. The molecule has 4 rings (SSSR count). The first-order valence-electron chi connectivity index (χ1n) is 10.4. The maximum atomic E-state index is 11.4. The molecule has 4 atom stereocenters. The van der Waals surface area contributed by atoms with Gasteiger partial charge < -0.3 is 24.5 Å². The van der Waals surface area contributed by atoms with E-state index in [2.05, 4.69) is 48.8 Å². The van der Waals surface area contributed by atoms with Crippen LogP contribution in [0.5, 0.6) is 0 Å². The van der Waals surface area contributed by atoms with Gasteiger partial charge in [0.05, 0.1) is 12.9 Å². The number of rotatable bonds is 6. The Morgan fingerprint density at radius 1 is 1.31 bits per heavy atom. The maximum Gasteiger partial charge on any atom is 0.192 e. The van der Waals surface area contributed by atoms with E-state index in [1.807, 2.05) is 0 Å². The van der Waals surface area contributed by atoms with Crippen molar-refractivity contribution in [3.63, 3.8) is 0 Å². The molecule has 0 spiro atoms. The summed E-state index contributed by atoms with van der Waals surface area (Å²) in [5, 5.41) is 11.3. The van der Waals surface area contributed by atoms with E-state index in [4.69, 9.17) is 31.2 Å². The summed E-state index contributed by atoms with van der Waals surface area (Å²) in [5.41, 5.74) is 6.91. The molecule has 2 aliphatic heterocycles. The molecule has 2 aliphatic rings. The van der Waals surface area contributed by atoms with E-state index in [1.165, 1.54) is 6.33 Å². The zero-order chi connectivity index (χ0) is 23.3. The van der Waals surface area contributed by atoms with Crippen molar-refractivity contribution in [2.75, 3.05) is 23.8 Å². The highest BCUT2D eigenvalue weighted by Crippen LogP contribution is 2.74. The zero-order valence-corrected chi connectivity index (χ0v) is 23.1. The van der Waals surface area contributed by atoms with Gasteiger partial charge in [-0.05, 0) is 29.9 Å². The number of hydrogen-bond acceptors (Lipinski definition) is 11. The first-order chi connectivity index (χ1) is 14.9. The number of hydrogen-bond donors (Lipinski definition) is 2. The molecular formula is C18H30N5O4PS3Si. The monoisotopic (exact) mass is 535 g/mol. The summed E-state index contributed by atoms with van der Waals surface area (Å²) < 4.78 is 18.9. The number of aliphatic hydroxyl groups excluding tert-OH is 1. The van der Waals surface area contributed by atoms with Crippen molar-refractivity contribution in [1.82, 2.24) is 19.5 Å². The Morgan fingerprint density at radius 3 is 2.66 bits per heavy atom. The summed E-state index contributed by atoms with van der Waals surface area (Å²) in [7, 11) is -2.20. The van der Waals surface area contributed by atoms with Crippen molar-refractivity contribution in [3.05, 3.63) is 12.7 Å². The van der Waals surface area contributed by atoms with Gasteiger partial charge in [-0.15, -0.1) is 0 Å². The Morgan fingerprint density at radius 2 is 2.00 bits per heavy atom. The van der Waals surface area contributed by atoms with Gasteiger partial charge in [-0.2, -0.15) is 0 Å². The average molecular weight is 536 g/mol. The lowest BCUT2D eigenvalue weighted by molar-refractivity contribution is -0.0456. The second-order valence-corrected chi connectivity index (χ2v) is 24.9. The summed E-state index contributed by atoms with van der Waals surface area (Å²) in [4.78, 5) is 12.6. The second kappa shape index (κ2) is 9.08. The lowest BCUT2D eigenvalue weighted by atomic mass is 10.1. The number of nitrogens with two attached hydrogens (primary N) is 1. The van der Waals surface area contributed by atoms with E-state index < -0.39 is 37.5 Å². The third-order valence-electron chi connectivity index (χ3n) is 6.19. The van der Waals surface area contributed by atoms with Crippen LogP contribution in [0.3, 0.4) is 0 Å². The minimum atomic E-state index is -2.20. The van der Waals surface area contributed by atoms with Gasteiger partial charge in [0.1, 0.15) is 30.2 Å². The fourth-order valence-corrected chi connectivity index (χ4v) is 13.6. The predicted octanol–water partition coefficient (Wildman–Crippen LogP) is 3.78. The zero-order valence-electron chi connectivity index (χ0n) is 18.8. The van der Waals surface area contributed by atoms with Crippen molar-refractivity contribution in [1.29, 1.82) is 0 Å². The van der Waals surface area contributed by atoms with Crippen molar-refractivity contribution in [3.8, 4) is 0 Å². The molecule has 0 bridgehead atoms. The van der Waals surface area contributed by atoms with Gasteiger partial charge >= 0.3 is 0 Å². The molecule has 32 heavy (non-hydrogen) atoms. The van der Waals surface area contributed by atoms with Crippen LogP contribution in [0.4, 0.5) is 5.82 Å². The maximum absolute atomic E-state index is 11.4. The SMILES string of the molecule is CC(C)(C)[Si](C)(C)O[C@H]1[C@@H](O)[C@H](n2cnc3c(N)ncnc32)O[C@@H]1COP1(=S)SCCS1. The highest BCUT2D eigenvalue weighted by Gasteiger charge is 2.51. The van der Waals surface area contributed by atoms with Crippen LogP contribution in [-0.2, 0) is 25.5 Å².